The standard InChI is InChI=1S/C22H25N5O3S/c1-14-4-11-19(30-3)18(12-14)27-22(24-25-26-27)31-13-20(28)23-21(15-5-6-15)16-7-9-17(29-2)10-8-16/h4,7-12,15,21H,5-6,13H2,1-3H3,(H,23,28). The summed E-state index contributed by atoms with van der Waals surface area (Å²) in [6, 6.07) is 13.7. The van der Waals surface area contributed by atoms with E-state index < -0.39 is 0 Å². The van der Waals surface area contributed by atoms with Gasteiger partial charge in [0.25, 0.3) is 0 Å². The second-order valence-electron chi connectivity index (χ2n) is 7.49. The molecule has 3 aromatic rings. The Morgan fingerprint density at radius 2 is 1.97 bits per heavy atom. The molecule has 1 unspecified atom stereocenters. The van der Waals surface area contributed by atoms with E-state index in [-0.39, 0.29) is 17.7 Å². The predicted molar refractivity (Wildman–Crippen MR) is 118 cm³/mol. The molecule has 1 N–H and O–H groups in total. The van der Waals surface area contributed by atoms with Gasteiger partial charge >= 0.3 is 0 Å². The maximum atomic E-state index is 12.7. The number of tetrazole rings is 1. The summed E-state index contributed by atoms with van der Waals surface area (Å²) in [5.74, 6) is 2.11. The summed E-state index contributed by atoms with van der Waals surface area (Å²) in [6.45, 7) is 1.99. The van der Waals surface area contributed by atoms with Crippen LogP contribution in [0.25, 0.3) is 5.69 Å². The molecule has 1 heterocycles. The van der Waals surface area contributed by atoms with Crippen LogP contribution in [-0.2, 0) is 4.79 Å². The van der Waals surface area contributed by atoms with E-state index in [1.165, 1.54) is 11.8 Å². The zero-order valence-electron chi connectivity index (χ0n) is 17.7. The minimum absolute atomic E-state index is 0.00636. The molecule has 0 radical (unpaired) electrons. The third kappa shape index (κ3) is 4.99. The Bertz CT molecular complexity index is 1050. The molecule has 31 heavy (non-hydrogen) atoms. The van der Waals surface area contributed by atoms with Crippen molar-refractivity contribution in [3.63, 3.8) is 0 Å². The lowest BCUT2D eigenvalue weighted by Gasteiger charge is -2.19. The van der Waals surface area contributed by atoms with Crippen LogP contribution in [0.4, 0.5) is 0 Å². The summed E-state index contributed by atoms with van der Waals surface area (Å²) in [6.07, 6.45) is 2.24. The molecular weight excluding hydrogens is 414 g/mol. The number of benzene rings is 2. The van der Waals surface area contributed by atoms with Gasteiger partial charge in [0, 0.05) is 0 Å². The van der Waals surface area contributed by atoms with E-state index in [1.807, 2.05) is 49.4 Å². The van der Waals surface area contributed by atoms with Gasteiger partial charge in [0.15, 0.2) is 0 Å². The molecule has 9 heteroatoms. The predicted octanol–water partition coefficient (Wildman–Crippen LogP) is 3.35. The van der Waals surface area contributed by atoms with Gasteiger partial charge in [0.1, 0.15) is 17.2 Å². The number of hydrogen-bond donors (Lipinski definition) is 1. The van der Waals surface area contributed by atoms with Crippen molar-refractivity contribution in [2.75, 3.05) is 20.0 Å². The number of rotatable bonds is 9. The van der Waals surface area contributed by atoms with E-state index in [4.69, 9.17) is 9.47 Å². The maximum absolute atomic E-state index is 12.7. The molecule has 1 aromatic heterocycles. The van der Waals surface area contributed by atoms with E-state index in [2.05, 4.69) is 20.8 Å². The second-order valence-corrected chi connectivity index (χ2v) is 8.44. The van der Waals surface area contributed by atoms with Crippen LogP contribution in [0, 0.1) is 12.8 Å². The molecule has 1 amide bonds. The van der Waals surface area contributed by atoms with E-state index in [1.54, 1.807) is 18.9 Å². The molecule has 1 aliphatic carbocycles. The van der Waals surface area contributed by atoms with Crippen LogP contribution in [-0.4, -0.2) is 46.1 Å². The summed E-state index contributed by atoms with van der Waals surface area (Å²) in [7, 11) is 3.25. The zero-order valence-corrected chi connectivity index (χ0v) is 18.6. The molecular formula is C22H25N5O3S. The highest BCUT2D eigenvalue weighted by atomic mass is 32.2. The Labute approximate surface area is 185 Å². The first-order valence-corrected chi connectivity index (χ1v) is 11.1. The number of carbonyl (C=O) groups is 1. The Morgan fingerprint density at radius 1 is 1.19 bits per heavy atom. The average molecular weight is 440 g/mol. The highest BCUT2D eigenvalue weighted by Gasteiger charge is 2.33. The summed E-state index contributed by atoms with van der Waals surface area (Å²) in [4.78, 5) is 12.7. The number of nitrogens with one attached hydrogen (secondary N) is 1. The number of amides is 1. The molecule has 1 saturated carbocycles. The summed E-state index contributed by atoms with van der Waals surface area (Å²) in [5, 5.41) is 15.7. The number of methoxy groups -OCH3 is 2. The smallest absolute Gasteiger partial charge is 0.230 e. The fraction of sp³-hybridized carbons (Fsp3) is 0.364. The second kappa shape index (κ2) is 9.38. The van der Waals surface area contributed by atoms with Crippen molar-refractivity contribution >= 4 is 17.7 Å². The largest absolute Gasteiger partial charge is 0.497 e. The third-order valence-electron chi connectivity index (χ3n) is 5.22. The van der Waals surface area contributed by atoms with Crippen molar-refractivity contribution in [2.45, 2.75) is 31.0 Å². The molecule has 4 rings (SSSR count). The van der Waals surface area contributed by atoms with Gasteiger partial charge in [-0.1, -0.05) is 30.0 Å². The van der Waals surface area contributed by atoms with Crippen LogP contribution >= 0.6 is 11.8 Å². The van der Waals surface area contributed by atoms with E-state index in [9.17, 15) is 4.79 Å². The zero-order chi connectivity index (χ0) is 21.8. The maximum Gasteiger partial charge on any atom is 0.230 e. The third-order valence-corrected chi connectivity index (χ3v) is 6.14. The number of hydrogen-bond acceptors (Lipinski definition) is 7. The first kappa shape index (κ1) is 21.2. The number of carbonyl (C=O) groups excluding carboxylic acids is 1. The van der Waals surface area contributed by atoms with Gasteiger partial charge in [-0.05, 0) is 71.5 Å². The number of ether oxygens (including phenoxy) is 2. The monoisotopic (exact) mass is 439 g/mol. The topological polar surface area (TPSA) is 91.2 Å². The molecule has 0 saturated heterocycles. The highest BCUT2D eigenvalue weighted by molar-refractivity contribution is 7.99. The molecule has 1 aliphatic rings. The van der Waals surface area contributed by atoms with Gasteiger partial charge in [-0.25, -0.2) is 0 Å². The molecule has 1 fully saturated rings. The summed E-state index contributed by atoms with van der Waals surface area (Å²) >= 11 is 1.30. The normalized spacial score (nSPS) is 14.2. The lowest BCUT2D eigenvalue weighted by atomic mass is 10.0. The Kier molecular flexibility index (Phi) is 6.41. The number of aryl methyl sites for hydroxylation is 1. The molecule has 0 spiro atoms. The van der Waals surface area contributed by atoms with Gasteiger partial charge < -0.3 is 14.8 Å². The van der Waals surface area contributed by atoms with Crippen molar-refractivity contribution in [1.29, 1.82) is 0 Å². The van der Waals surface area contributed by atoms with Gasteiger partial charge in [0.2, 0.25) is 11.1 Å². The van der Waals surface area contributed by atoms with Crippen LogP contribution < -0.4 is 14.8 Å². The molecule has 162 valence electrons. The first-order valence-electron chi connectivity index (χ1n) is 10.1. The van der Waals surface area contributed by atoms with Crippen molar-refractivity contribution < 1.29 is 14.3 Å². The fourth-order valence-electron chi connectivity index (χ4n) is 3.45. The summed E-state index contributed by atoms with van der Waals surface area (Å²) in [5.41, 5.74) is 2.90. The molecule has 8 nitrogen and oxygen atoms in total. The van der Waals surface area contributed by atoms with Crippen molar-refractivity contribution in [3.05, 3.63) is 53.6 Å². The summed E-state index contributed by atoms with van der Waals surface area (Å²) < 4.78 is 12.3. The highest BCUT2D eigenvalue weighted by Crippen LogP contribution is 2.41. The molecule has 0 bridgehead atoms. The first-order chi connectivity index (χ1) is 15.1. The average Bonchev–Trinajstić information content (AvgIpc) is 3.53. The van der Waals surface area contributed by atoms with E-state index >= 15 is 0 Å². The van der Waals surface area contributed by atoms with Crippen LogP contribution in [0.2, 0.25) is 0 Å². The van der Waals surface area contributed by atoms with Gasteiger partial charge in [-0.2, -0.15) is 4.68 Å². The van der Waals surface area contributed by atoms with Crippen molar-refractivity contribution in [2.24, 2.45) is 5.92 Å². The van der Waals surface area contributed by atoms with Crippen LogP contribution in [0.1, 0.15) is 30.0 Å². The van der Waals surface area contributed by atoms with E-state index in [0.29, 0.717) is 16.8 Å². The number of aromatic nitrogens is 4. The number of thioether (sulfide) groups is 1. The van der Waals surface area contributed by atoms with Crippen LogP contribution in [0.5, 0.6) is 11.5 Å². The van der Waals surface area contributed by atoms with Crippen molar-refractivity contribution in [3.8, 4) is 17.2 Å². The fourth-order valence-corrected chi connectivity index (χ4v) is 4.14. The lowest BCUT2D eigenvalue weighted by molar-refractivity contribution is -0.119. The van der Waals surface area contributed by atoms with E-state index in [0.717, 1.165) is 35.4 Å². The Hall–Kier alpha value is -3.07. The van der Waals surface area contributed by atoms with Crippen LogP contribution in [0.15, 0.2) is 47.6 Å². The quantitative estimate of drug-likeness (QED) is 0.511. The Balaban J connectivity index is 1.43. The minimum Gasteiger partial charge on any atom is -0.497 e. The SMILES string of the molecule is COc1ccc(C(NC(=O)CSc2nnnn2-c2cc(C)ccc2OC)C2CC2)cc1. The van der Waals surface area contributed by atoms with Gasteiger partial charge in [-0.3, -0.25) is 4.79 Å². The molecule has 2 aromatic carbocycles. The van der Waals surface area contributed by atoms with Gasteiger partial charge in [-0.15, -0.1) is 5.10 Å². The minimum atomic E-state index is -0.0523. The van der Waals surface area contributed by atoms with Crippen molar-refractivity contribution in [1.82, 2.24) is 25.5 Å². The lowest BCUT2D eigenvalue weighted by Crippen LogP contribution is -2.31. The van der Waals surface area contributed by atoms with Crippen LogP contribution in [0.3, 0.4) is 0 Å². The molecule has 1 atom stereocenters. The molecule has 0 aliphatic heterocycles. The van der Waals surface area contributed by atoms with Gasteiger partial charge in [0.05, 0.1) is 26.0 Å². The Morgan fingerprint density at radius 3 is 2.65 bits per heavy atom. The number of nitrogens with zero attached hydrogens (tertiary/aromatic N) is 4.